The molecule has 6 nitrogen and oxygen atoms in total. The second-order valence-electron chi connectivity index (χ2n) is 2.60. The van der Waals surface area contributed by atoms with Crippen LogP contribution in [-0.2, 0) is 13.6 Å². The normalized spacial score (nSPS) is 17.5. The molecule has 0 atom stereocenters. The lowest BCUT2D eigenvalue weighted by Gasteiger charge is -2.19. The summed E-state index contributed by atoms with van der Waals surface area (Å²) in [5.74, 6) is 0.548. The number of guanidine groups is 1. The molecule has 0 saturated carbocycles. The number of aliphatic imine (C=N–C) groups is 1. The molecular weight excluding hydrogens is 193 g/mol. The largest absolute Gasteiger partial charge is 0.434 e. The van der Waals surface area contributed by atoms with Crippen LogP contribution in [0.2, 0.25) is 0 Å². The molecule has 1 heterocycles. The van der Waals surface area contributed by atoms with Crippen LogP contribution in [0.3, 0.4) is 0 Å². The zero-order chi connectivity index (χ0) is 9.90. The Morgan fingerprint density at radius 3 is 2.54 bits per heavy atom. The Labute approximate surface area is 77.5 Å². The van der Waals surface area contributed by atoms with Crippen molar-refractivity contribution in [2.45, 2.75) is 0 Å². The summed E-state index contributed by atoms with van der Waals surface area (Å²) in [5.41, 5.74) is 0. The third-order valence-corrected chi connectivity index (χ3v) is 3.21. The Kier molecular flexibility index (Phi) is 3.30. The number of nitrogens with zero attached hydrogens (tertiary/aromatic N) is 2. The summed E-state index contributed by atoms with van der Waals surface area (Å²) in [6, 6.07) is 0. The van der Waals surface area contributed by atoms with E-state index in [1.54, 1.807) is 0 Å². The topological polar surface area (TPSA) is 63.2 Å². The maximum absolute atomic E-state index is 11.6. The highest BCUT2D eigenvalue weighted by atomic mass is 31.2. The minimum Gasteiger partial charge on any atom is -0.344 e. The molecule has 7 heteroatoms. The van der Waals surface area contributed by atoms with Crippen LogP contribution in [-0.4, -0.2) is 45.2 Å². The van der Waals surface area contributed by atoms with Crippen LogP contribution in [0.25, 0.3) is 0 Å². The second-order valence-corrected chi connectivity index (χ2v) is 4.55. The van der Waals surface area contributed by atoms with Crippen LogP contribution < -0.4 is 5.09 Å². The first-order valence-electron chi connectivity index (χ1n) is 3.86. The molecule has 1 aliphatic heterocycles. The molecule has 0 fully saturated rings. The molecule has 0 aliphatic carbocycles. The number of hydrogen-bond acceptors (Lipinski definition) is 5. The number of hydrogen-bond donors (Lipinski definition) is 1. The van der Waals surface area contributed by atoms with Crippen LogP contribution in [0.4, 0.5) is 0 Å². The number of likely N-dealkylation sites (N-methyl/N-ethyl adjacent to an activating group) is 1. The third kappa shape index (κ3) is 2.43. The maximum Gasteiger partial charge on any atom is 0.434 e. The number of rotatable bonds is 3. The van der Waals surface area contributed by atoms with Gasteiger partial charge in [0.25, 0.3) is 0 Å². The Balaban J connectivity index is 2.61. The van der Waals surface area contributed by atoms with Crippen molar-refractivity contribution in [2.24, 2.45) is 4.99 Å². The first kappa shape index (κ1) is 10.5. The van der Waals surface area contributed by atoms with E-state index < -0.39 is 7.75 Å². The van der Waals surface area contributed by atoms with E-state index >= 15 is 0 Å². The average Bonchev–Trinajstić information content (AvgIpc) is 2.52. The van der Waals surface area contributed by atoms with E-state index in [1.807, 2.05) is 11.9 Å². The predicted molar refractivity (Wildman–Crippen MR) is 49.7 cm³/mol. The Bertz CT molecular complexity index is 248. The summed E-state index contributed by atoms with van der Waals surface area (Å²) in [5, 5.41) is 2.63. The van der Waals surface area contributed by atoms with Gasteiger partial charge in [0.05, 0.1) is 6.54 Å². The monoisotopic (exact) mass is 207 g/mol. The number of nitrogens with one attached hydrogen (secondary N) is 1. The fourth-order valence-corrected chi connectivity index (χ4v) is 1.76. The highest BCUT2D eigenvalue weighted by Gasteiger charge is 2.26. The van der Waals surface area contributed by atoms with E-state index in [4.69, 9.17) is 9.05 Å². The van der Waals surface area contributed by atoms with Crippen LogP contribution in [0, 0.1) is 0 Å². The van der Waals surface area contributed by atoms with Gasteiger partial charge in [-0.15, -0.1) is 0 Å². The van der Waals surface area contributed by atoms with Crippen LogP contribution in [0.15, 0.2) is 4.99 Å². The van der Waals surface area contributed by atoms with Crippen molar-refractivity contribution in [1.29, 1.82) is 0 Å². The van der Waals surface area contributed by atoms with E-state index in [0.29, 0.717) is 12.5 Å². The lowest BCUT2D eigenvalue weighted by molar-refractivity contribution is 0.270. The summed E-state index contributed by atoms with van der Waals surface area (Å²) in [7, 11) is 1.32. The molecule has 1 aliphatic rings. The first-order valence-corrected chi connectivity index (χ1v) is 5.41. The highest BCUT2D eigenvalue weighted by molar-refractivity contribution is 7.52. The van der Waals surface area contributed by atoms with E-state index in [0.717, 1.165) is 6.54 Å². The molecular formula is C6H14N3O3P. The van der Waals surface area contributed by atoms with Gasteiger partial charge in [0.2, 0.25) is 5.96 Å². The highest BCUT2D eigenvalue weighted by Crippen LogP contribution is 2.41. The molecule has 0 aromatic carbocycles. The van der Waals surface area contributed by atoms with E-state index in [9.17, 15) is 4.57 Å². The average molecular weight is 207 g/mol. The Morgan fingerprint density at radius 2 is 2.15 bits per heavy atom. The lowest BCUT2D eigenvalue weighted by atomic mass is 10.6. The fraction of sp³-hybridized carbons (Fsp3) is 0.833. The molecule has 1 N–H and O–H groups in total. The standard InChI is InChI=1S/C6H14N3O3P/c1-9-5-4-7-6(9)8-13(10,11-2)12-3/h4-5H2,1-3H3,(H,7,8,10). The summed E-state index contributed by atoms with van der Waals surface area (Å²) in [6.07, 6.45) is 0. The van der Waals surface area contributed by atoms with Crippen molar-refractivity contribution in [1.82, 2.24) is 9.99 Å². The maximum atomic E-state index is 11.6. The first-order chi connectivity index (χ1) is 6.11. The molecule has 0 saturated heterocycles. The summed E-state index contributed by atoms with van der Waals surface area (Å²) >= 11 is 0. The van der Waals surface area contributed by atoms with Gasteiger partial charge in [-0.3, -0.25) is 19.1 Å². The van der Waals surface area contributed by atoms with Crippen molar-refractivity contribution >= 4 is 13.7 Å². The quantitative estimate of drug-likeness (QED) is 0.673. The molecule has 0 aromatic heterocycles. The third-order valence-electron chi connectivity index (χ3n) is 1.78. The fourth-order valence-electron chi connectivity index (χ4n) is 0.942. The van der Waals surface area contributed by atoms with Gasteiger partial charge < -0.3 is 4.90 Å². The van der Waals surface area contributed by atoms with Gasteiger partial charge in [-0.2, -0.15) is 0 Å². The molecule has 76 valence electrons. The van der Waals surface area contributed by atoms with Crippen molar-refractivity contribution < 1.29 is 13.6 Å². The van der Waals surface area contributed by atoms with Gasteiger partial charge in [-0.25, -0.2) is 4.57 Å². The van der Waals surface area contributed by atoms with Crippen molar-refractivity contribution in [3.63, 3.8) is 0 Å². The smallest absolute Gasteiger partial charge is 0.344 e. The summed E-state index contributed by atoms with van der Waals surface area (Å²) in [6.45, 7) is 1.52. The van der Waals surface area contributed by atoms with Crippen molar-refractivity contribution in [3.05, 3.63) is 0 Å². The molecule has 0 spiro atoms. The minimum atomic E-state index is -3.19. The Hall–Kier alpha value is -0.580. The lowest BCUT2D eigenvalue weighted by Crippen LogP contribution is -2.34. The van der Waals surface area contributed by atoms with Crippen LogP contribution in [0.1, 0.15) is 0 Å². The minimum absolute atomic E-state index is 0.548. The Morgan fingerprint density at radius 1 is 1.54 bits per heavy atom. The zero-order valence-electron chi connectivity index (χ0n) is 7.98. The molecule has 0 radical (unpaired) electrons. The molecule has 1 rings (SSSR count). The van der Waals surface area contributed by atoms with Crippen LogP contribution >= 0.6 is 7.75 Å². The van der Waals surface area contributed by atoms with E-state index in [1.165, 1.54) is 14.2 Å². The van der Waals surface area contributed by atoms with Gasteiger partial charge in [0.15, 0.2) is 0 Å². The van der Waals surface area contributed by atoms with Crippen LogP contribution in [0.5, 0.6) is 0 Å². The van der Waals surface area contributed by atoms with Gasteiger partial charge in [0, 0.05) is 27.8 Å². The van der Waals surface area contributed by atoms with Gasteiger partial charge in [0.1, 0.15) is 0 Å². The van der Waals surface area contributed by atoms with Gasteiger partial charge in [-0.1, -0.05) is 0 Å². The van der Waals surface area contributed by atoms with Gasteiger partial charge >= 0.3 is 7.75 Å². The van der Waals surface area contributed by atoms with E-state index in [2.05, 4.69) is 10.1 Å². The summed E-state index contributed by atoms with van der Waals surface area (Å²) in [4.78, 5) is 5.95. The van der Waals surface area contributed by atoms with E-state index in [-0.39, 0.29) is 0 Å². The molecule has 0 aromatic rings. The SMILES string of the molecule is COP(=O)(NC1=NCCN1C)OC. The summed E-state index contributed by atoms with van der Waals surface area (Å²) < 4.78 is 21.0. The van der Waals surface area contributed by atoms with Gasteiger partial charge in [-0.05, 0) is 0 Å². The van der Waals surface area contributed by atoms with Crippen molar-refractivity contribution in [2.75, 3.05) is 34.4 Å². The molecule has 13 heavy (non-hydrogen) atoms. The zero-order valence-corrected chi connectivity index (χ0v) is 8.88. The molecule has 0 amide bonds. The molecule has 0 bridgehead atoms. The second kappa shape index (κ2) is 4.09. The van der Waals surface area contributed by atoms with Crippen molar-refractivity contribution in [3.8, 4) is 0 Å². The predicted octanol–water partition coefficient (Wildman–Crippen LogP) is 0.278. The molecule has 0 unspecified atom stereocenters.